The summed E-state index contributed by atoms with van der Waals surface area (Å²) >= 11 is 0. The minimum absolute atomic E-state index is 0.117. The normalized spacial score (nSPS) is 22.8. The van der Waals surface area contributed by atoms with Gasteiger partial charge < -0.3 is 14.7 Å². The molecule has 1 N–H and O–H groups in total. The number of aliphatic hydroxyl groups excluding tert-OH is 1. The van der Waals surface area contributed by atoms with Crippen LogP contribution in [0, 0.1) is 17.0 Å². The summed E-state index contributed by atoms with van der Waals surface area (Å²) in [6.45, 7) is 2.57. The summed E-state index contributed by atoms with van der Waals surface area (Å²) in [7, 11) is 0. The van der Waals surface area contributed by atoms with Gasteiger partial charge in [0.05, 0.1) is 28.2 Å². The van der Waals surface area contributed by atoms with Gasteiger partial charge in [-0.25, -0.2) is 0 Å². The number of ketones is 1. The molecule has 2 aromatic carbocycles. The molecule has 31 heavy (non-hydrogen) atoms. The number of nitro groups is 1. The smallest absolute Gasteiger partial charge is 0.295 e. The Morgan fingerprint density at radius 3 is 2.55 bits per heavy atom. The summed E-state index contributed by atoms with van der Waals surface area (Å²) in [6, 6.07) is 11.7. The number of carbonyl (C=O) groups is 2. The topological polar surface area (TPSA) is 110 Å². The number of amides is 1. The Kier molecular flexibility index (Phi) is 5.56. The number of likely N-dealkylation sites (tertiary alicyclic amines) is 1. The molecule has 2 aliphatic rings. The van der Waals surface area contributed by atoms with Gasteiger partial charge in [0, 0.05) is 24.8 Å². The van der Waals surface area contributed by atoms with Crippen molar-refractivity contribution in [1.29, 1.82) is 0 Å². The highest BCUT2D eigenvalue weighted by atomic mass is 16.6. The number of ether oxygens (including phenoxy) is 1. The van der Waals surface area contributed by atoms with E-state index in [1.807, 2.05) is 6.92 Å². The Morgan fingerprint density at radius 2 is 1.90 bits per heavy atom. The summed E-state index contributed by atoms with van der Waals surface area (Å²) in [6.07, 6.45) is 1.31. The fourth-order valence-corrected chi connectivity index (χ4v) is 4.15. The van der Waals surface area contributed by atoms with Crippen molar-refractivity contribution in [3.63, 3.8) is 0 Å². The minimum Gasteiger partial charge on any atom is -0.507 e. The van der Waals surface area contributed by atoms with Crippen molar-refractivity contribution >= 4 is 23.1 Å². The van der Waals surface area contributed by atoms with Crippen LogP contribution in [-0.2, 0) is 14.3 Å². The Morgan fingerprint density at radius 1 is 1.19 bits per heavy atom. The van der Waals surface area contributed by atoms with Crippen LogP contribution in [0.3, 0.4) is 0 Å². The van der Waals surface area contributed by atoms with E-state index in [-0.39, 0.29) is 35.2 Å². The Labute approximate surface area is 178 Å². The molecule has 2 heterocycles. The van der Waals surface area contributed by atoms with E-state index in [1.165, 1.54) is 23.1 Å². The molecule has 0 saturated carbocycles. The maximum atomic E-state index is 13.0. The number of aryl methyl sites for hydroxylation is 1. The number of hydrogen-bond acceptors (Lipinski definition) is 6. The van der Waals surface area contributed by atoms with Crippen molar-refractivity contribution in [2.75, 3.05) is 13.2 Å². The quantitative estimate of drug-likeness (QED) is 0.260. The van der Waals surface area contributed by atoms with Gasteiger partial charge in [0.25, 0.3) is 17.4 Å². The fourth-order valence-electron chi connectivity index (χ4n) is 4.15. The predicted octanol–water partition coefficient (Wildman–Crippen LogP) is 3.50. The van der Waals surface area contributed by atoms with E-state index in [2.05, 4.69) is 0 Å². The molecule has 0 aliphatic carbocycles. The molecule has 0 radical (unpaired) electrons. The second-order valence-corrected chi connectivity index (χ2v) is 7.77. The summed E-state index contributed by atoms with van der Waals surface area (Å²) < 4.78 is 5.64. The van der Waals surface area contributed by atoms with Crippen LogP contribution < -0.4 is 0 Å². The number of nitrogens with zero attached hydrogens (tertiary/aromatic N) is 2. The maximum absolute atomic E-state index is 13.0. The fraction of sp³-hybridized carbons (Fsp3) is 0.304. The number of rotatable bonds is 5. The van der Waals surface area contributed by atoms with Gasteiger partial charge in [0.1, 0.15) is 5.76 Å². The number of benzene rings is 2. The van der Waals surface area contributed by atoms with E-state index >= 15 is 0 Å². The van der Waals surface area contributed by atoms with Crippen LogP contribution >= 0.6 is 0 Å². The average Bonchev–Trinajstić information content (AvgIpc) is 3.36. The maximum Gasteiger partial charge on any atom is 0.295 e. The summed E-state index contributed by atoms with van der Waals surface area (Å²) in [5, 5.41) is 22.7. The molecular weight excluding hydrogens is 400 g/mol. The van der Waals surface area contributed by atoms with Crippen LogP contribution in [-0.4, -0.2) is 45.9 Å². The first-order chi connectivity index (χ1) is 14.9. The van der Waals surface area contributed by atoms with Gasteiger partial charge in [0.15, 0.2) is 0 Å². The lowest BCUT2D eigenvalue weighted by molar-refractivity contribution is -0.385. The van der Waals surface area contributed by atoms with Crippen LogP contribution in [0.5, 0.6) is 0 Å². The summed E-state index contributed by atoms with van der Waals surface area (Å²) in [5.74, 6) is -2.01. The molecule has 0 spiro atoms. The zero-order chi connectivity index (χ0) is 22.1. The van der Waals surface area contributed by atoms with E-state index in [4.69, 9.17) is 4.74 Å². The predicted molar refractivity (Wildman–Crippen MR) is 112 cm³/mol. The molecule has 0 bridgehead atoms. The molecule has 2 atom stereocenters. The number of nitro benzene ring substituents is 1. The van der Waals surface area contributed by atoms with Gasteiger partial charge in [0.2, 0.25) is 0 Å². The van der Waals surface area contributed by atoms with E-state index in [1.54, 1.807) is 30.3 Å². The lowest BCUT2D eigenvalue weighted by atomic mass is 9.94. The first-order valence-electron chi connectivity index (χ1n) is 10.1. The first-order valence-corrected chi connectivity index (χ1v) is 10.1. The highest BCUT2D eigenvalue weighted by Crippen LogP contribution is 2.43. The monoisotopic (exact) mass is 422 g/mol. The van der Waals surface area contributed by atoms with Gasteiger partial charge in [-0.1, -0.05) is 42.0 Å². The molecule has 1 amide bonds. The second kappa shape index (κ2) is 8.31. The summed E-state index contributed by atoms with van der Waals surface area (Å²) in [4.78, 5) is 38.4. The zero-order valence-electron chi connectivity index (χ0n) is 17.0. The van der Waals surface area contributed by atoms with E-state index in [0.717, 1.165) is 18.4 Å². The van der Waals surface area contributed by atoms with Crippen LogP contribution in [0.1, 0.15) is 35.6 Å². The number of para-hydroxylation sites is 1. The SMILES string of the molecule is Cc1ccc(C(O)=C2C(=O)C(=O)N(C[C@@H]3CCCO3)[C@H]2c2ccccc2[N+](=O)[O-])cc1. The van der Waals surface area contributed by atoms with Crippen LogP contribution in [0.15, 0.2) is 54.1 Å². The number of Topliss-reactive ketones (excluding diaryl/α,β-unsaturated/α-hetero) is 1. The third kappa shape index (κ3) is 3.82. The summed E-state index contributed by atoms with van der Waals surface area (Å²) in [5.41, 5.74) is 1.14. The van der Waals surface area contributed by atoms with Crippen LogP contribution in [0.2, 0.25) is 0 Å². The molecule has 8 nitrogen and oxygen atoms in total. The molecule has 8 heteroatoms. The third-order valence-corrected chi connectivity index (χ3v) is 5.72. The average molecular weight is 422 g/mol. The molecule has 2 aliphatic heterocycles. The zero-order valence-corrected chi connectivity index (χ0v) is 17.0. The van der Waals surface area contributed by atoms with Crippen molar-refractivity contribution in [3.8, 4) is 0 Å². The van der Waals surface area contributed by atoms with Gasteiger partial charge in [-0.3, -0.25) is 19.7 Å². The van der Waals surface area contributed by atoms with Crippen LogP contribution in [0.4, 0.5) is 5.69 Å². The van der Waals surface area contributed by atoms with E-state index < -0.39 is 22.7 Å². The highest BCUT2D eigenvalue weighted by Gasteiger charge is 2.48. The number of aliphatic hydroxyl groups is 1. The van der Waals surface area contributed by atoms with Crippen molar-refractivity contribution in [3.05, 3.63) is 80.9 Å². The largest absolute Gasteiger partial charge is 0.507 e. The molecule has 0 aromatic heterocycles. The minimum atomic E-state index is -1.08. The van der Waals surface area contributed by atoms with Crippen molar-refractivity contribution in [2.24, 2.45) is 0 Å². The van der Waals surface area contributed by atoms with Crippen molar-refractivity contribution in [2.45, 2.75) is 31.9 Å². The van der Waals surface area contributed by atoms with Crippen molar-refractivity contribution in [1.82, 2.24) is 4.90 Å². The molecular formula is C23H22N2O6. The Bertz CT molecular complexity index is 1070. The molecule has 2 aromatic rings. The third-order valence-electron chi connectivity index (χ3n) is 5.72. The van der Waals surface area contributed by atoms with Crippen molar-refractivity contribution < 1.29 is 24.4 Å². The van der Waals surface area contributed by atoms with Crippen LogP contribution in [0.25, 0.3) is 5.76 Å². The molecule has 160 valence electrons. The number of hydrogen-bond donors (Lipinski definition) is 1. The molecule has 2 fully saturated rings. The van der Waals surface area contributed by atoms with E-state index in [0.29, 0.717) is 12.2 Å². The Balaban J connectivity index is 1.89. The van der Waals surface area contributed by atoms with Gasteiger partial charge in [-0.2, -0.15) is 0 Å². The first kappa shape index (κ1) is 20.7. The van der Waals surface area contributed by atoms with Gasteiger partial charge >= 0.3 is 0 Å². The van der Waals surface area contributed by atoms with E-state index in [9.17, 15) is 24.8 Å². The standard InChI is InChI=1S/C23H22N2O6/c1-14-8-10-15(11-9-14)21(26)19-20(17-6-2-3-7-18(17)25(29)30)24(23(28)22(19)27)13-16-5-4-12-31-16/h2-3,6-11,16,20,26H,4-5,12-13H2,1H3/t16-,20-/m0/s1. The lowest BCUT2D eigenvalue weighted by Gasteiger charge is -2.27. The van der Waals surface area contributed by atoms with Gasteiger partial charge in [-0.05, 0) is 25.8 Å². The molecule has 4 rings (SSSR count). The van der Waals surface area contributed by atoms with Gasteiger partial charge in [-0.15, -0.1) is 0 Å². The molecule has 2 saturated heterocycles. The Hall–Kier alpha value is -3.52. The molecule has 0 unspecified atom stereocenters. The second-order valence-electron chi connectivity index (χ2n) is 7.77. The lowest BCUT2D eigenvalue weighted by Crippen LogP contribution is -2.36. The highest BCUT2D eigenvalue weighted by molar-refractivity contribution is 6.46. The number of carbonyl (C=O) groups excluding carboxylic acids is 2.